The molecule has 2 N–H and O–H groups in total. The number of non-ortho nitro benzene ring substituents is 1. The smallest absolute Gasteiger partial charge is 0.269 e. The molecule has 0 aliphatic rings. The number of benzene rings is 2. The lowest BCUT2D eigenvalue weighted by Crippen LogP contribution is -1.98. The maximum atomic E-state index is 10.6. The van der Waals surface area contributed by atoms with Crippen molar-refractivity contribution in [3.05, 3.63) is 63.7 Å². The highest BCUT2D eigenvalue weighted by atomic mass is 32.2. The molecular weight excluding hydrogens is 288 g/mol. The standard InChI is InChI=1S/C15H16N2O3S/c1-20-15-7-2-11(9-16)8-12(15)10-21-14-5-3-13(4-6-14)17(18)19/h2-8H,9-10,16H2,1H3. The molecule has 0 spiro atoms. The van der Waals surface area contributed by atoms with Crippen molar-refractivity contribution in [2.75, 3.05) is 7.11 Å². The second kappa shape index (κ2) is 7.10. The number of thioether (sulfide) groups is 1. The first-order valence-corrected chi connectivity index (χ1v) is 7.35. The first-order chi connectivity index (χ1) is 10.1. The summed E-state index contributed by atoms with van der Waals surface area (Å²) in [5.74, 6) is 1.54. The zero-order valence-corrected chi connectivity index (χ0v) is 12.4. The van der Waals surface area contributed by atoms with Gasteiger partial charge in [0.1, 0.15) is 5.75 Å². The molecule has 0 saturated carbocycles. The molecule has 0 heterocycles. The second-order valence-electron chi connectivity index (χ2n) is 4.39. The van der Waals surface area contributed by atoms with Crippen LogP contribution in [-0.4, -0.2) is 12.0 Å². The third-order valence-corrected chi connectivity index (χ3v) is 4.08. The molecule has 2 rings (SSSR count). The summed E-state index contributed by atoms with van der Waals surface area (Å²) in [7, 11) is 1.64. The van der Waals surface area contributed by atoms with Gasteiger partial charge in [-0.15, -0.1) is 11.8 Å². The quantitative estimate of drug-likeness (QED) is 0.503. The van der Waals surface area contributed by atoms with Crippen LogP contribution in [0.3, 0.4) is 0 Å². The number of ether oxygens (including phenoxy) is 1. The molecule has 0 bridgehead atoms. The van der Waals surface area contributed by atoms with Crippen molar-refractivity contribution in [1.29, 1.82) is 0 Å². The van der Waals surface area contributed by atoms with E-state index < -0.39 is 4.92 Å². The maximum Gasteiger partial charge on any atom is 0.269 e. The average Bonchev–Trinajstić information content (AvgIpc) is 2.52. The Morgan fingerprint density at radius 3 is 2.52 bits per heavy atom. The lowest BCUT2D eigenvalue weighted by molar-refractivity contribution is -0.384. The SMILES string of the molecule is COc1ccc(CN)cc1CSc1ccc([N+](=O)[O-])cc1. The van der Waals surface area contributed by atoms with Crippen LogP contribution in [0, 0.1) is 10.1 Å². The van der Waals surface area contributed by atoms with Crippen molar-refractivity contribution in [2.45, 2.75) is 17.2 Å². The summed E-state index contributed by atoms with van der Waals surface area (Å²) in [4.78, 5) is 11.2. The van der Waals surface area contributed by atoms with Gasteiger partial charge in [-0.05, 0) is 29.8 Å². The topological polar surface area (TPSA) is 78.4 Å². The number of hydrogen-bond donors (Lipinski definition) is 1. The molecule has 0 aliphatic carbocycles. The van der Waals surface area contributed by atoms with Gasteiger partial charge in [-0.3, -0.25) is 10.1 Å². The molecule has 6 heteroatoms. The molecule has 0 aromatic heterocycles. The van der Waals surface area contributed by atoms with E-state index in [9.17, 15) is 10.1 Å². The van der Waals surface area contributed by atoms with Gasteiger partial charge in [-0.25, -0.2) is 0 Å². The van der Waals surface area contributed by atoms with Crippen molar-refractivity contribution in [3.63, 3.8) is 0 Å². The summed E-state index contributed by atoms with van der Waals surface area (Å²) in [6.45, 7) is 0.485. The van der Waals surface area contributed by atoms with E-state index in [1.165, 1.54) is 12.1 Å². The molecule has 0 amide bonds. The van der Waals surface area contributed by atoms with Gasteiger partial charge in [0.25, 0.3) is 5.69 Å². The highest BCUT2D eigenvalue weighted by Gasteiger charge is 2.07. The van der Waals surface area contributed by atoms with Crippen LogP contribution in [0.5, 0.6) is 5.75 Å². The van der Waals surface area contributed by atoms with Crippen LogP contribution in [0.4, 0.5) is 5.69 Å². The van der Waals surface area contributed by atoms with Crippen molar-refractivity contribution >= 4 is 17.4 Å². The van der Waals surface area contributed by atoms with Crippen molar-refractivity contribution in [2.24, 2.45) is 5.73 Å². The molecule has 2 aromatic carbocycles. The van der Waals surface area contributed by atoms with Crippen LogP contribution in [0.15, 0.2) is 47.4 Å². The van der Waals surface area contributed by atoms with Crippen LogP contribution >= 0.6 is 11.8 Å². The summed E-state index contributed by atoms with van der Waals surface area (Å²) in [5.41, 5.74) is 7.86. The Bertz CT molecular complexity index is 629. The predicted molar refractivity (Wildman–Crippen MR) is 83.5 cm³/mol. The largest absolute Gasteiger partial charge is 0.496 e. The Hall–Kier alpha value is -2.05. The van der Waals surface area contributed by atoms with Crippen molar-refractivity contribution in [3.8, 4) is 5.75 Å². The molecule has 0 radical (unpaired) electrons. The van der Waals surface area contributed by atoms with Gasteiger partial charge in [0.05, 0.1) is 12.0 Å². The fraction of sp³-hybridized carbons (Fsp3) is 0.200. The van der Waals surface area contributed by atoms with Gasteiger partial charge in [0, 0.05) is 34.9 Å². The third-order valence-electron chi connectivity index (χ3n) is 3.02. The molecule has 5 nitrogen and oxygen atoms in total. The van der Waals surface area contributed by atoms with Crippen LogP contribution in [-0.2, 0) is 12.3 Å². The van der Waals surface area contributed by atoms with E-state index in [2.05, 4.69) is 0 Å². The molecular formula is C15H16N2O3S. The number of nitro benzene ring substituents is 1. The lowest BCUT2D eigenvalue weighted by atomic mass is 10.1. The minimum Gasteiger partial charge on any atom is -0.496 e. The number of nitrogens with zero attached hydrogens (tertiary/aromatic N) is 1. The first-order valence-electron chi connectivity index (χ1n) is 6.37. The number of hydrogen-bond acceptors (Lipinski definition) is 5. The Kier molecular flexibility index (Phi) is 5.19. The maximum absolute atomic E-state index is 10.6. The van der Waals surface area contributed by atoms with Crippen LogP contribution < -0.4 is 10.5 Å². The molecule has 110 valence electrons. The number of nitro groups is 1. The number of methoxy groups -OCH3 is 1. The molecule has 0 unspecified atom stereocenters. The first kappa shape index (κ1) is 15.3. The second-order valence-corrected chi connectivity index (χ2v) is 5.44. The van der Waals surface area contributed by atoms with E-state index in [0.717, 1.165) is 27.5 Å². The fourth-order valence-electron chi connectivity index (χ4n) is 1.90. The average molecular weight is 304 g/mol. The molecule has 0 saturated heterocycles. The normalized spacial score (nSPS) is 10.4. The Balaban J connectivity index is 2.10. The highest BCUT2D eigenvalue weighted by Crippen LogP contribution is 2.29. The van der Waals surface area contributed by atoms with Crippen LogP contribution in [0.1, 0.15) is 11.1 Å². The Morgan fingerprint density at radius 2 is 1.95 bits per heavy atom. The van der Waals surface area contributed by atoms with Gasteiger partial charge >= 0.3 is 0 Å². The minimum atomic E-state index is -0.401. The summed E-state index contributed by atoms with van der Waals surface area (Å²) in [6.07, 6.45) is 0. The Morgan fingerprint density at radius 1 is 1.24 bits per heavy atom. The van der Waals surface area contributed by atoms with Crippen LogP contribution in [0.25, 0.3) is 0 Å². The number of nitrogens with two attached hydrogens (primary N) is 1. The van der Waals surface area contributed by atoms with Gasteiger partial charge in [0.2, 0.25) is 0 Å². The fourth-order valence-corrected chi connectivity index (χ4v) is 2.77. The zero-order valence-electron chi connectivity index (χ0n) is 11.6. The molecule has 21 heavy (non-hydrogen) atoms. The summed E-state index contributed by atoms with van der Waals surface area (Å²) < 4.78 is 5.34. The van der Waals surface area contributed by atoms with E-state index in [0.29, 0.717) is 6.54 Å². The monoisotopic (exact) mass is 304 g/mol. The number of rotatable bonds is 6. The third kappa shape index (κ3) is 3.96. The molecule has 0 fully saturated rings. The summed E-state index contributed by atoms with van der Waals surface area (Å²) >= 11 is 1.60. The predicted octanol–water partition coefficient (Wildman–Crippen LogP) is 3.35. The lowest BCUT2D eigenvalue weighted by Gasteiger charge is -2.10. The summed E-state index contributed by atoms with van der Waals surface area (Å²) in [5, 5.41) is 10.6. The molecule has 2 aromatic rings. The van der Waals surface area contributed by atoms with E-state index in [4.69, 9.17) is 10.5 Å². The van der Waals surface area contributed by atoms with Crippen LogP contribution in [0.2, 0.25) is 0 Å². The summed E-state index contributed by atoms with van der Waals surface area (Å²) in [6, 6.07) is 12.4. The molecule has 0 aliphatic heterocycles. The van der Waals surface area contributed by atoms with Crippen molar-refractivity contribution in [1.82, 2.24) is 0 Å². The minimum absolute atomic E-state index is 0.0991. The van der Waals surface area contributed by atoms with E-state index in [1.807, 2.05) is 18.2 Å². The van der Waals surface area contributed by atoms with Crippen molar-refractivity contribution < 1.29 is 9.66 Å². The van der Waals surface area contributed by atoms with E-state index in [1.54, 1.807) is 31.0 Å². The highest BCUT2D eigenvalue weighted by molar-refractivity contribution is 7.98. The van der Waals surface area contributed by atoms with E-state index >= 15 is 0 Å². The van der Waals surface area contributed by atoms with Gasteiger partial charge < -0.3 is 10.5 Å². The van der Waals surface area contributed by atoms with Gasteiger partial charge in [-0.2, -0.15) is 0 Å². The molecule has 0 atom stereocenters. The van der Waals surface area contributed by atoms with Gasteiger partial charge in [-0.1, -0.05) is 6.07 Å². The van der Waals surface area contributed by atoms with Gasteiger partial charge in [0.15, 0.2) is 0 Å². The Labute approximate surface area is 127 Å². The van der Waals surface area contributed by atoms with E-state index in [-0.39, 0.29) is 5.69 Å². The zero-order chi connectivity index (χ0) is 15.2.